The number of hydrogen-bond acceptors (Lipinski definition) is 4. The first-order valence-electron chi connectivity index (χ1n) is 6.03. The molecular weight excluding hydrogens is 216 g/mol. The van der Waals surface area contributed by atoms with Crippen molar-refractivity contribution in [1.82, 2.24) is 9.88 Å². The van der Waals surface area contributed by atoms with Gasteiger partial charge in [-0.1, -0.05) is 12.5 Å². The van der Waals surface area contributed by atoms with Crippen LogP contribution in [-0.2, 0) is 16.1 Å². The molecular formula is C13H18N2O2. The van der Waals surface area contributed by atoms with E-state index in [9.17, 15) is 4.79 Å². The SMILES string of the molecule is COC(=O)[C@H]1CCCCN1Cc1ccccn1. The fourth-order valence-corrected chi connectivity index (χ4v) is 2.28. The molecule has 0 N–H and O–H groups in total. The molecule has 2 rings (SSSR count). The van der Waals surface area contributed by atoms with Gasteiger partial charge in [0.1, 0.15) is 6.04 Å². The Balaban J connectivity index is 2.04. The highest BCUT2D eigenvalue weighted by Crippen LogP contribution is 2.19. The third-order valence-corrected chi connectivity index (χ3v) is 3.18. The maximum absolute atomic E-state index is 11.7. The van der Waals surface area contributed by atoms with Crippen LogP contribution < -0.4 is 0 Å². The average Bonchev–Trinajstić information content (AvgIpc) is 2.40. The van der Waals surface area contributed by atoms with Crippen molar-refractivity contribution in [3.05, 3.63) is 30.1 Å². The Morgan fingerprint density at radius 3 is 3.12 bits per heavy atom. The molecule has 0 amide bonds. The summed E-state index contributed by atoms with van der Waals surface area (Å²) in [5, 5.41) is 0. The maximum Gasteiger partial charge on any atom is 0.323 e. The highest BCUT2D eigenvalue weighted by Gasteiger charge is 2.29. The number of piperidine rings is 1. The highest BCUT2D eigenvalue weighted by molar-refractivity contribution is 5.75. The Morgan fingerprint density at radius 1 is 1.53 bits per heavy atom. The van der Waals surface area contributed by atoms with Crippen molar-refractivity contribution in [2.75, 3.05) is 13.7 Å². The van der Waals surface area contributed by atoms with E-state index in [-0.39, 0.29) is 12.0 Å². The number of ether oxygens (including phenoxy) is 1. The number of pyridine rings is 1. The van der Waals surface area contributed by atoms with Gasteiger partial charge in [0.2, 0.25) is 0 Å². The van der Waals surface area contributed by atoms with Gasteiger partial charge in [0, 0.05) is 12.7 Å². The molecule has 1 aliphatic heterocycles. The topological polar surface area (TPSA) is 42.4 Å². The van der Waals surface area contributed by atoms with Crippen LogP contribution in [0, 0.1) is 0 Å². The van der Waals surface area contributed by atoms with Gasteiger partial charge in [-0.15, -0.1) is 0 Å². The quantitative estimate of drug-likeness (QED) is 0.745. The van der Waals surface area contributed by atoms with Crippen LogP contribution in [0.15, 0.2) is 24.4 Å². The number of carbonyl (C=O) groups is 1. The molecule has 0 aromatic carbocycles. The smallest absolute Gasteiger partial charge is 0.323 e. The van der Waals surface area contributed by atoms with Crippen LogP contribution in [0.5, 0.6) is 0 Å². The van der Waals surface area contributed by atoms with Crippen LogP contribution in [0.2, 0.25) is 0 Å². The lowest BCUT2D eigenvalue weighted by molar-refractivity contribution is -0.148. The van der Waals surface area contributed by atoms with Gasteiger partial charge < -0.3 is 4.74 Å². The molecule has 1 aromatic heterocycles. The molecule has 2 heterocycles. The molecule has 1 atom stereocenters. The number of aromatic nitrogens is 1. The second-order valence-electron chi connectivity index (χ2n) is 4.33. The molecule has 1 aromatic rings. The minimum Gasteiger partial charge on any atom is -0.468 e. The van der Waals surface area contributed by atoms with Gasteiger partial charge in [0.25, 0.3) is 0 Å². The molecule has 4 heteroatoms. The summed E-state index contributed by atoms with van der Waals surface area (Å²) >= 11 is 0. The molecule has 1 aliphatic rings. The van der Waals surface area contributed by atoms with Crippen LogP contribution in [0.25, 0.3) is 0 Å². The van der Waals surface area contributed by atoms with Crippen molar-refractivity contribution in [2.45, 2.75) is 31.8 Å². The van der Waals surface area contributed by atoms with Gasteiger partial charge in [-0.05, 0) is 31.5 Å². The Kier molecular flexibility index (Phi) is 4.09. The van der Waals surface area contributed by atoms with Crippen LogP contribution in [0.1, 0.15) is 25.0 Å². The van der Waals surface area contributed by atoms with E-state index in [0.29, 0.717) is 0 Å². The maximum atomic E-state index is 11.7. The van der Waals surface area contributed by atoms with Crippen LogP contribution in [0.3, 0.4) is 0 Å². The number of carbonyl (C=O) groups excluding carboxylic acids is 1. The zero-order valence-electron chi connectivity index (χ0n) is 10.1. The summed E-state index contributed by atoms with van der Waals surface area (Å²) in [6.07, 6.45) is 4.91. The van der Waals surface area contributed by atoms with E-state index in [4.69, 9.17) is 4.74 Å². The fraction of sp³-hybridized carbons (Fsp3) is 0.538. The molecule has 0 unspecified atom stereocenters. The molecule has 0 radical (unpaired) electrons. The molecule has 92 valence electrons. The zero-order chi connectivity index (χ0) is 12.1. The molecule has 1 fully saturated rings. The Hall–Kier alpha value is -1.42. The van der Waals surface area contributed by atoms with Gasteiger partial charge in [-0.2, -0.15) is 0 Å². The van der Waals surface area contributed by atoms with Crippen molar-refractivity contribution in [3.8, 4) is 0 Å². The number of rotatable bonds is 3. The van der Waals surface area contributed by atoms with Gasteiger partial charge in [-0.3, -0.25) is 14.7 Å². The minimum atomic E-state index is -0.124. The number of nitrogens with zero attached hydrogens (tertiary/aromatic N) is 2. The second-order valence-corrected chi connectivity index (χ2v) is 4.33. The lowest BCUT2D eigenvalue weighted by atomic mass is 10.0. The van der Waals surface area contributed by atoms with Crippen molar-refractivity contribution in [3.63, 3.8) is 0 Å². The van der Waals surface area contributed by atoms with Crippen molar-refractivity contribution in [1.29, 1.82) is 0 Å². The van der Waals surface area contributed by atoms with E-state index in [0.717, 1.165) is 38.0 Å². The molecule has 0 bridgehead atoms. The lowest BCUT2D eigenvalue weighted by Gasteiger charge is -2.33. The van der Waals surface area contributed by atoms with E-state index in [1.807, 2.05) is 18.2 Å². The van der Waals surface area contributed by atoms with E-state index in [1.54, 1.807) is 6.20 Å². The Labute approximate surface area is 102 Å². The van der Waals surface area contributed by atoms with Crippen LogP contribution >= 0.6 is 0 Å². The summed E-state index contributed by atoms with van der Waals surface area (Å²) in [6, 6.07) is 5.76. The summed E-state index contributed by atoms with van der Waals surface area (Å²) < 4.78 is 4.86. The van der Waals surface area contributed by atoms with Gasteiger partial charge >= 0.3 is 5.97 Å². The summed E-state index contributed by atoms with van der Waals surface area (Å²) in [6.45, 7) is 1.66. The number of likely N-dealkylation sites (tertiary alicyclic amines) is 1. The zero-order valence-corrected chi connectivity index (χ0v) is 10.1. The van der Waals surface area contributed by atoms with Gasteiger partial charge in [0.05, 0.1) is 12.8 Å². The first-order chi connectivity index (χ1) is 8.31. The summed E-state index contributed by atoms with van der Waals surface area (Å²) in [5.74, 6) is -0.124. The average molecular weight is 234 g/mol. The number of methoxy groups -OCH3 is 1. The second kappa shape index (κ2) is 5.77. The first kappa shape index (κ1) is 12.0. The molecule has 4 nitrogen and oxygen atoms in total. The number of hydrogen-bond donors (Lipinski definition) is 0. The number of esters is 1. The summed E-state index contributed by atoms with van der Waals surface area (Å²) in [4.78, 5) is 18.1. The summed E-state index contributed by atoms with van der Waals surface area (Å²) in [5.41, 5.74) is 1.00. The molecule has 0 saturated carbocycles. The monoisotopic (exact) mass is 234 g/mol. The standard InChI is InChI=1S/C13H18N2O2/c1-17-13(16)12-7-3-5-9-15(12)10-11-6-2-4-8-14-11/h2,4,6,8,12H,3,5,7,9-10H2,1H3/t12-/m1/s1. The summed E-state index contributed by atoms with van der Waals surface area (Å²) in [7, 11) is 1.45. The lowest BCUT2D eigenvalue weighted by Crippen LogP contribution is -2.44. The third-order valence-electron chi connectivity index (χ3n) is 3.18. The van der Waals surface area contributed by atoms with Crippen molar-refractivity contribution < 1.29 is 9.53 Å². The van der Waals surface area contributed by atoms with E-state index >= 15 is 0 Å². The molecule has 1 saturated heterocycles. The predicted molar refractivity (Wildman–Crippen MR) is 64.3 cm³/mol. The fourth-order valence-electron chi connectivity index (χ4n) is 2.28. The normalized spacial score (nSPS) is 21.1. The minimum absolute atomic E-state index is 0.101. The third kappa shape index (κ3) is 3.03. The molecule has 0 aliphatic carbocycles. The first-order valence-corrected chi connectivity index (χ1v) is 6.03. The van der Waals surface area contributed by atoms with E-state index in [2.05, 4.69) is 9.88 Å². The molecule has 0 spiro atoms. The Bertz CT molecular complexity index is 367. The van der Waals surface area contributed by atoms with Crippen molar-refractivity contribution in [2.24, 2.45) is 0 Å². The van der Waals surface area contributed by atoms with Gasteiger partial charge in [-0.25, -0.2) is 0 Å². The van der Waals surface area contributed by atoms with E-state index in [1.165, 1.54) is 7.11 Å². The Morgan fingerprint density at radius 2 is 2.41 bits per heavy atom. The van der Waals surface area contributed by atoms with Crippen molar-refractivity contribution >= 4 is 5.97 Å². The van der Waals surface area contributed by atoms with Crippen LogP contribution in [0.4, 0.5) is 0 Å². The highest BCUT2D eigenvalue weighted by atomic mass is 16.5. The largest absolute Gasteiger partial charge is 0.468 e. The van der Waals surface area contributed by atoms with E-state index < -0.39 is 0 Å². The molecule has 17 heavy (non-hydrogen) atoms. The predicted octanol–water partition coefficient (Wildman–Crippen LogP) is 1.61. The van der Waals surface area contributed by atoms with Crippen LogP contribution in [-0.4, -0.2) is 35.5 Å². The van der Waals surface area contributed by atoms with Gasteiger partial charge in [0.15, 0.2) is 0 Å².